The average molecular weight is 372 g/mol. The zero-order chi connectivity index (χ0) is 19.8. The SMILES string of the molecule is CC(C)(C)C(=O)NCc1ccc(C(=O)N2CC3CCCC3C2C(=O)O)cc1. The van der Waals surface area contributed by atoms with Gasteiger partial charge in [-0.2, -0.15) is 0 Å². The molecule has 3 unspecified atom stereocenters. The molecule has 6 nitrogen and oxygen atoms in total. The molecule has 3 atom stereocenters. The third-order valence-corrected chi connectivity index (χ3v) is 5.74. The number of amides is 2. The summed E-state index contributed by atoms with van der Waals surface area (Å²) in [6, 6.07) is 6.34. The Kier molecular flexibility index (Phi) is 5.27. The Labute approximate surface area is 159 Å². The Morgan fingerprint density at radius 3 is 2.41 bits per heavy atom. The number of likely N-dealkylation sites (tertiary alicyclic amines) is 1. The fourth-order valence-corrected chi connectivity index (χ4v) is 4.21. The van der Waals surface area contributed by atoms with E-state index in [4.69, 9.17) is 0 Å². The van der Waals surface area contributed by atoms with E-state index in [1.165, 1.54) is 4.90 Å². The second-order valence-corrected chi connectivity index (χ2v) is 8.73. The summed E-state index contributed by atoms with van der Waals surface area (Å²) in [6.07, 6.45) is 2.94. The van der Waals surface area contributed by atoms with Crippen LogP contribution in [0.15, 0.2) is 24.3 Å². The van der Waals surface area contributed by atoms with Gasteiger partial charge in [-0.1, -0.05) is 39.3 Å². The highest BCUT2D eigenvalue weighted by molar-refractivity contribution is 5.97. The van der Waals surface area contributed by atoms with Crippen molar-refractivity contribution < 1.29 is 19.5 Å². The van der Waals surface area contributed by atoms with Crippen molar-refractivity contribution in [2.24, 2.45) is 17.3 Å². The Balaban J connectivity index is 1.67. The van der Waals surface area contributed by atoms with Crippen LogP contribution in [0.3, 0.4) is 0 Å². The molecule has 2 N–H and O–H groups in total. The fourth-order valence-electron chi connectivity index (χ4n) is 4.21. The third kappa shape index (κ3) is 3.99. The first kappa shape index (κ1) is 19.4. The molecule has 6 heteroatoms. The fraction of sp³-hybridized carbons (Fsp3) is 0.571. The van der Waals surface area contributed by atoms with Crippen LogP contribution in [0.1, 0.15) is 56.0 Å². The summed E-state index contributed by atoms with van der Waals surface area (Å²) in [7, 11) is 0. The van der Waals surface area contributed by atoms with E-state index < -0.39 is 17.4 Å². The van der Waals surface area contributed by atoms with Gasteiger partial charge >= 0.3 is 5.97 Å². The van der Waals surface area contributed by atoms with E-state index in [0.717, 1.165) is 24.8 Å². The van der Waals surface area contributed by atoms with Crippen molar-refractivity contribution in [1.29, 1.82) is 0 Å². The zero-order valence-corrected chi connectivity index (χ0v) is 16.2. The van der Waals surface area contributed by atoms with Crippen LogP contribution < -0.4 is 5.32 Å². The number of carbonyl (C=O) groups excluding carboxylic acids is 2. The van der Waals surface area contributed by atoms with Crippen molar-refractivity contribution in [3.63, 3.8) is 0 Å². The quantitative estimate of drug-likeness (QED) is 0.851. The Morgan fingerprint density at radius 2 is 1.81 bits per heavy atom. The smallest absolute Gasteiger partial charge is 0.326 e. The lowest BCUT2D eigenvalue weighted by molar-refractivity contribution is -0.142. The number of nitrogens with zero attached hydrogens (tertiary/aromatic N) is 1. The number of fused-ring (bicyclic) bond motifs is 1. The minimum atomic E-state index is -0.903. The molecule has 2 aliphatic rings. The lowest BCUT2D eigenvalue weighted by Crippen LogP contribution is -2.43. The highest BCUT2D eigenvalue weighted by Gasteiger charge is 2.49. The van der Waals surface area contributed by atoms with Crippen LogP contribution >= 0.6 is 0 Å². The molecule has 1 aliphatic heterocycles. The van der Waals surface area contributed by atoms with E-state index >= 15 is 0 Å². The molecule has 1 saturated carbocycles. The molecule has 3 rings (SSSR count). The van der Waals surface area contributed by atoms with Crippen LogP contribution in [0.5, 0.6) is 0 Å². The lowest BCUT2D eigenvalue weighted by atomic mass is 9.94. The minimum absolute atomic E-state index is 0.0319. The van der Waals surface area contributed by atoms with Crippen molar-refractivity contribution in [3.8, 4) is 0 Å². The summed E-state index contributed by atoms with van der Waals surface area (Å²) in [6.45, 7) is 6.50. The number of carbonyl (C=O) groups is 3. The van der Waals surface area contributed by atoms with Gasteiger partial charge in [0.25, 0.3) is 5.91 Å². The molecule has 0 spiro atoms. The molecule has 0 bridgehead atoms. The largest absolute Gasteiger partial charge is 0.480 e. The van der Waals surface area contributed by atoms with Crippen molar-refractivity contribution in [3.05, 3.63) is 35.4 Å². The maximum Gasteiger partial charge on any atom is 0.326 e. The van der Waals surface area contributed by atoms with Gasteiger partial charge in [0.15, 0.2) is 0 Å². The van der Waals surface area contributed by atoms with Gasteiger partial charge in [-0.3, -0.25) is 9.59 Å². The molecule has 27 heavy (non-hydrogen) atoms. The highest BCUT2D eigenvalue weighted by Crippen LogP contribution is 2.42. The van der Waals surface area contributed by atoms with E-state index in [1.807, 2.05) is 32.9 Å². The summed E-state index contributed by atoms with van der Waals surface area (Å²) in [5.41, 5.74) is 0.944. The number of aliphatic carboxylic acids is 1. The number of carboxylic acids is 1. The van der Waals surface area contributed by atoms with Gasteiger partial charge in [0.2, 0.25) is 5.91 Å². The van der Waals surface area contributed by atoms with E-state index in [9.17, 15) is 19.5 Å². The van der Waals surface area contributed by atoms with E-state index in [1.54, 1.807) is 12.1 Å². The summed E-state index contributed by atoms with van der Waals surface area (Å²) in [5, 5.41) is 12.5. The van der Waals surface area contributed by atoms with Crippen molar-refractivity contribution in [2.75, 3.05) is 6.54 Å². The number of benzene rings is 1. The molecular formula is C21H28N2O4. The van der Waals surface area contributed by atoms with Crippen LogP contribution in [-0.2, 0) is 16.1 Å². The first-order chi connectivity index (χ1) is 12.7. The van der Waals surface area contributed by atoms with Gasteiger partial charge < -0.3 is 15.3 Å². The van der Waals surface area contributed by atoms with Gasteiger partial charge in [0.1, 0.15) is 6.04 Å². The molecule has 2 amide bonds. The number of carboxylic acid groups (broad SMARTS) is 1. The van der Waals surface area contributed by atoms with Gasteiger partial charge in [0.05, 0.1) is 0 Å². The molecule has 2 fully saturated rings. The Bertz CT molecular complexity index is 736. The van der Waals surface area contributed by atoms with Gasteiger partial charge in [-0.15, -0.1) is 0 Å². The van der Waals surface area contributed by atoms with E-state index in [0.29, 0.717) is 24.6 Å². The molecule has 1 heterocycles. The van der Waals surface area contributed by atoms with Gasteiger partial charge in [-0.25, -0.2) is 4.79 Å². The molecule has 1 saturated heterocycles. The summed E-state index contributed by atoms with van der Waals surface area (Å²) >= 11 is 0. The standard InChI is InChI=1S/C21H28N2O4/c1-21(2,3)20(27)22-11-13-7-9-14(10-8-13)18(24)23-12-15-5-4-6-16(15)17(23)19(25)26/h7-10,15-17H,4-6,11-12H2,1-3H3,(H,22,27)(H,25,26). The van der Waals surface area contributed by atoms with Crippen LogP contribution in [0.4, 0.5) is 0 Å². The number of rotatable bonds is 4. The predicted octanol–water partition coefficient (Wildman–Crippen LogP) is 2.67. The molecule has 1 aliphatic carbocycles. The van der Waals surface area contributed by atoms with Crippen molar-refractivity contribution in [2.45, 2.75) is 52.6 Å². The van der Waals surface area contributed by atoms with Crippen LogP contribution in [0.2, 0.25) is 0 Å². The van der Waals surface area contributed by atoms with E-state index in [-0.39, 0.29) is 17.7 Å². The molecule has 0 radical (unpaired) electrons. The maximum atomic E-state index is 12.9. The number of nitrogens with one attached hydrogen (secondary N) is 1. The van der Waals surface area contributed by atoms with Gasteiger partial charge in [0, 0.05) is 24.1 Å². The lowest BCUT2D eigenvalue weighted by Gasteiger charge is -2.24. The highest BCUT2D eigenvalue weighted by atomic mass is 16.4. The summed E-state index contributed by atoms with van der Waals surface area (Å²) in [4.78, 5) is 38.1. The van der Waals surface area contributed by atoms with Crippen LogP contribution in [-0.4, -0.2) is 40.4 Å². The number of hydrogen-bond donors (Lipinski definition) is 2. The molecule has 0 aromatic heterocycles. The molecule has 146 valence electrons. The summed E-state index contributed by atoms with van der Waals surface area (Å²) < 4.78 is 0. The average Bonchev–Trinajstić information content (AvgIpc) is 3.19. The first-order valence-electron chi connectivity index (χ1n) is 9.59. The molecular weight excluding hydrogens is 344 g/mol. The molecule has 1 aromatic rings. The number of hydrogen-bond acceptors (Lipinski definition) is 3. The minimum Gasteiger partial charge on any atom is -0.480 e. The monoisotopic (exact) mass is 372 g/mol. The van der Waals surface area contributed by atoms with Gasteiger partial charge in [-0.05, 0) is 42.4 Å². The zero-order valence-electron chi connectivity index (χ0n) is 16.2. The first-order valence-corrected chi connectivity index (χ1v) is 9.59. The second-order valence-electron chi connectivity index (χ2n) is 8.73. The topological polar surface area (TPSA) is 86.7 Å². The maximum absolute atomic E-state index is 12.9. The van der Waals surface area contributed by atoms with Crippen molar-refractivity contribution in [1.82, 2.24) is 10.2 Å². The summed E-state index contributed by atoms with van der Waals surface area (Å²) in [5.74, 6) is -0.767. The van der Waals surface area contributed by atoms with Crippen molar-refractivity contribution >= 4 is 17.8 Å². The Morgan fingerprint density at radius 1 is 1.15 bits per heavy atom. The predicted molar refractivity (Wildman–Crippen MR) is 101 cm³/mol. The normalized spacial score (nSPS) is 24.6. The van der Waals surface area contributed by atoms with E-state index in [2.05, 4.69) is 5.32 Å². The molecule has 1 aromatic carbocycles. The van der Waals surface area contributed by atoms with Crippen LogP contribution in [0.25, 0.3) is 0 Å². The second kappa shape index (κ2) is 7.33. The third-order valence-electron chi connectivity index (χ3n) is 5.74. The Hall–Kier alpha value is -2.37. The van der Waals surface area contributed by atoms with Crippen LogP contribution in [0, 0.1) is 17.3 Å².